The van der Waals surface area contributed by atoms with E-state index in [1.54, 1.807) is 0 Å². The Bertz CT molecular complexity index is 5610. The number of fused-ring (bicyclic) bond motifs is 15. The molecule has 12 heteroatoms. The number of rotatable bonds is 21. The molecule has 4 aliphatic heterocycles. The Kier molecular flexibility index (Phi) is 19.5. The zero-order valence-corrected chi connectivity index (χ0v) is 61.1. The molecule has 0 unspecified atom stereocenters. The third-order valence-electron chi connectivity index (χ3n) is 20.8. The van der Waals surface area contributed by atoms with Crippen molar-refractivity contribution in [2.45, 2.75) is 138 Å². The maximum atomic E-state index is 5.95. The summed E-state index contributed by atoms with van der Waals surface area (Å²) in [6.45, 7) is 15.4. The maximum Gasteiger partial charge on any atom is 0.0877 e. The van der Waals surface area contributed by atoms with E-state index >= 15 is 0 Å². The molecule has 3 N–H and O–H groups in total. The summed E-state index contributed by atoms with van der Waals surface area (Å²) < 4.78 is 7.38. The summed E-state index contributed by atoms with van der Waals surface area (Å²) in [4.78, 5) is 44.5. The Hall–Kier alpha value is -11.8. The number of aliphatic imine (C=N–C) groups is 3. The normalized spacial score (nSPS) is 14.2. The van der Waals surface area contributed by atoms with Gasteiger partial charge in [0, 0.05) is 73.5 Å². The van der Waals surface area contributed by atoms with Crippen LogP contribution in [0.4, 0.5) is 0 Å². The lowest BCUT2D eigenvalue weighted by Crippen LogP contribution is -2.22. The molecule has 12 nitrogen and oxygen atoms in total. The Labute approximate surface area is 612 Å². The van der Waals surface area contributed by atoms with Crippen LogP contribution in [0.1, 0.15) is 149 Å². The molecular formula is C93H90N12. The molecule has 9 aromatic heterocycles. The molecule has 0 aliphatic carbocycles. The minimum atomic E-state index is 0.576. The van der Waals surface area contributed by atoms with E-state index in [1.807, 2.05) is 55.4 Å². The van der Waals surface area contributed by atoms with Crippen LogP contribution in [0, 0.1) is 32.1 Å². The van der Waals surface area contributed by atoms with Gasteiger partial charge in [0.25, 0.3) is 0 Å². The first-order valence-electron chi connectivity index (χ1n) is 38.0. The highest BCUT2D eigenvalue weighted by Crippen LogP contribution is 2.33. The molecule has 12 aromatic rings. The van der Waals surface area contributed by atoms with Gasteiger partial charge < -0.3 is 28.7 Å². The van der Waals surface area contributed by atoms with Crippen LogP contribution in [-0.4, -0.2) is 60.7 Å². The number of nitrogens with zero attached hydrogens (tertiary/aromatic N) is 9. The SMILES string of the molecule is CCCC1=CC2=c3ccc(n3Cc3cccnc3)=c3cc(CCC)c([nH]3)=C(c3ccccc3)C3=NC(=c4ccc(n4Cc4cccnc4)=c4cc(CCC)c([nH]4)=C(c4ccccc4)C4=NC(=c5ccc(n5Cc5cccnc5)=c5cc(CCC)c([nH]5)=C(c5ccccc5)C1=N2)C=C4CCC)C=C3CCC. The van der Waals surface area contributed by atoms with Crippen LogP contribution in [0.5, 0.6) is 0 Å². The number of nitrogens with one attached hydrogen (secondary N) is 3. The molecule has 16 rings (SSSR count). The third kappa shape index (κ3) is 13.3. The highest BCUT2D eigenvalue weighted by Gasteiger charge is 2.28. The molecule has 0 saturated carbocycles. The fourth-order valence-corrected chi connectivity index (χ4v) is 16.1. The van der Waals surface area contributed by atoms with Crippen LogP contribution in [0.2, 0.25) is 0 Å². The molecule has 0 fully saturated rings. The largest absolute Gasteiger partial charge is 0.353 e. The summed E-state index contributed by atoms with van der Waals surface area (Å²) in [6.07, 6.45) is 29.5. The quantitative estimate of drug-likeness (QED) is 0.0660. The van der Waals surface area contributed by atoms with Crippen LogP contribution in [-0.2, 0) is 38.9 Å². The second kappa shape index (κ2) is 30.3. The molecule has 13 heterocycles. The Morgan fingerprint density at radius 2 is 0.571 bits per heavy atom. The van der Waals surface area contributed by atoms with Crippen molar-refractivity contribution in [1.82, 2.24) is 43.6 Å². The fourth-order valence-electron chi connectivity index (χ4n) is 16.1. The summed E-state index contributed by atoms with van der Waals surface area (Å²) in [5, 5.41) is 12.6. The summed E-state index contributed by atoms with van der Waals surface area (Å²) in [5.74, 6) is 0. The molecule has 3 aromatic carbocycles. The topological polar surface area (TPSA) is 138 Å². The second-order valence-corrected chi connectivity index (χ2v) is 28.2. The number of aryl methyl sites for hydroxylation is 3. The third-order valence-corrected chi connectivity index (χ3v) is 20.8. The number of aromatic nitrogens is 9. The lowest BCUT2D eigenvalue weighted by Gasteiger charge is -2.12. The maximum absolute atomic E-state index is 5.95. The standard InChI is InChI=1S/C93H90N12/c1-7-25-67-49-73-79-40-41-80(103(79)58-61-31-22-46-94-55-61)75-51-69(27-9-3)90(99-75)86(65-36-18-14-19-37-65)91-71(29-11-5)53-77(101-91)83-44-45-84(105(83)60-63-33-24-48-96-57-63)78-54-72(30-12-6)93(102-78)87(66-38-20-15-21-39-66)92-70(28-10-4)52-76(100-92)82-43-42-81(104(82)59-62-32-23-47-95-56-62)74-50-68(26-8-2)89(98-74)85(88(67)97-73)64-34-16-13-17-35-64/h13-24,31-57,97,100-101H,7-12,25-30,58-60H2,1-6H3. The first kappa shape index (κ1) is 67.7. The first-order chi connectivity index (χ1) is 51.8. The number of pyridine rings is 3. The van der Waals surface area contributed by atoms with Crippen molar-refractivity contribution in [3.8, 4) is 0 Å². The molecule has 4 aliphatic rings. The smallest absolute Gasteiger partial charge is 0.0877 e. The van der Waals surface area contributed by atoms with Crippen molar-refractivity contribution < 1.29 is 0 Å². The number of allylic oxidation sites excluding steroid dienone is 3. The first-order valence-corrected chi connectivity index (χ1v) is 38.0. The average molecular weight is 1380 g/mol. The van der Waals surface area contributed by atoms with E-state index in [2.05, 4.69) is 267 Å². The molecule has 0 amide bonds. The zero-order valence-electron chi connectivity index (χ0n) is 61.1. The molecule has 18 bridgehead atoms. The molecule has 0 spiro atoms. The van der Waals surface area contributed by atoms with Gasteiger partial charge in [0.15, 0.2) is 0 Å². The van der Waals surface area contributed by atoms with Crippen LogP contribution in [0.25, 0.3) is 33.8 Å². The minimum Gasteiger partial charge on any atom is -0.353 e. The lowest BCUT2D eigenvalue weighted by atomic mass is 9.92. The highest BCUT2D eigenvalue weighted by atomic mass is 15.0. The van der Waals surface area contributed by atoms with Gasteiger partial charge in [-0.2, -0.15) is 0 Å². The van der Waals surface area contributed by atoms with Gasteiger partial charge in [0.1, 0.15) is 0 Å². The van der Waals surface area contributed by atoms with Crippen molar-refractivity contribution in [2.75, 3.05) is 0 Å². The van der Waals surface area contributed by atoms with Crippen LogP contribution < -0.4 is 32.1 Å². The van der Waals surface area contributed by atoms with Crippen molar-refractivity contribution in [2.24, 2.45) is 15.0 Å². The lowest BCUT2D eigenvalue weighted by molar-refractivity contribution is 0.748. The van der Waals surface area contributed by atoms with E-state index in [0.717, 1.165) is 226 Å². The van der Waals surface area contributed by atoms with Gasteiger partial charge in [-0.3, -0.25) is 15.0 Å². The zero-order chi connectivity index (χ0) is 71.3. The Morgan fingerprint density at radius 3 is 0.829 bits per heavy atom. The number of hydrogen-bond donors (Lipinski definition) is 3. The molecule has 0 radical (unpaired) electrons. The van der Waals surface area contributed by atoms with Gasteiger partial charge in [0.05, 0.1) is 98.4 Å². The van der Waals surface area contributed by atoms with Crippen LogP contribution in [0.15, 0.2) is 269 Å². The van der Waals surface area contributed by atoms with Gasteiger partial charge in [0.2, 0.25) is 0 Å². The van der Waals surface area contributed by atoms with E-state index < -0.39 is 0 Å². The highest BCUT2D eigenvalue weighted by molar-refractivity contribution is 6.36. The predicted octanol–water partition coefficient (Wildman–Crippen LogP) is 15.0. The molecule has 0 atom stereocenters. The van der Waals surface area contributed by atoms with Crippen molar-refractivity contribution >= 4 is 50.9 Å². The summed E-state index contributed by atoms with van der Waals surface area (Å²) >= 11 is 0. The molecule has 105 heavy (non-hydrogen) atoms. The van der Waals surface area contributed by atoms with E-state index in [4.69, 9.17) is 15.0 Å². The van der Waals surface area contributed by atoms with Crippen LogP contribution in [0.3, 0.4) is 0 Å². The summed E-state index contributed by atoms with van der Waals surface area (Å²) in [5.41, 5.74) is 23.0. The van der Waals surface area contributed by atoms with E-state index in [-0.39, 0.29) is 0 Å². The number of H-pyrrole nitrogens is 3. The Morgan fingerprint density at radius 1 is 0.295 bits per heavy atom. The number of aromatic amines is 3. The molecule has 522 valence electrons. The predicted molar refractivity (Wildman–Crippen MR) is 427 cm³/mol. The van der Waals surface area contributed by atoms with Crippen molar-refractivity contribution in [3.05, 3.63) is 368 Å². The van der Waals surface area contributed by atoms with Crippen molar-refractivity contribution in [3.63, 3.8) is 0 Å². The summed E-state index contributed by atoms with van der Waals surface area (Å²) in [7, 11) is 0. The minimum absolute atomic E-state index is 0.576. The van der Waals surface area contributed by atoms with E-state index in [0.29, 0.717) is 19.6 Å². The van der Waals surface area contributed by atoms with E-state index in [1.165, 1.54) is 33.4 Å². The summed E-state index contributed by atoms with van der Waals surface area (Å²) in [6, 6.07) is 66.5. The second-order valence-electron chi connectivity index (χ2n) is 28.2. The van der Waals surface area contributed by atoms with E-state index in [9.17, 15) is 0 Å². The van der Waals surface area contributed by atoms with Gasteiger partial charge in [-0.1, -0.05) is 189 Å². The monoisotopic (exact) mass is 1370 g/mol. The number of hydrogen-bond acceptors (Lipinski definition) is 6. The average Bonchev–Trinajstić information content (AvgIpc) is 1.61. The fraction of sp³-hybridized carbons (Fsp3) is 0.226. The molecule has 0 saturated heterocycles. The number of benzene rings is 3. The van der Waals surface area contributed by atoms with Crippen LogP contribution >= 0.6 is 0 Å². The van der Waals surface area contributed by atoms with Gasteiger partial charge in [-0.25, -0.2) is 15.0 Å². The van der Waals surface area contributed by atoms with Crippen molar-refractivity contribution in [1.29, 1.82) is 0 Å². The van der Waals surface area contributed by atoms with Gasteiger partial charge in [-0.05, 0) is 196 Å². The molecular weight excluding hydrogens is 1290 g/mol. The Balaban J connectivity index is 1.11. The van der Waals surface area contributed by atoms with Gasteiger partial charge in [-0.15, -0.1) is 0 Å². The van der Waals surface area contributed by atoms with Gasteiger partial charge >= 0.3 is 0 Å².